The van der Waals surface area contributed by atoms with E-state index in [4.69, 9.17) is 45.8 Å². The second-order valence-corrected chi connectivity index (χ2v) is 5.83. The maximum atomic E-state index is 9.20. The van der Waals surface area contributed by atoms with Gasteiger partial charge in [-0.05, 0) is 0 Å². The van der Waals surface area contributed by atoms with Crippen molar-refractivity contribution in [3.8, 4) is 0 Å². The molecular weight excluding hydrogens is 332 g/mol. The average molecular weight is 358 g/mol. The number of hydrogen-bond donors (Lipinski definition) is 10. The Hall–Kier alpha value is -0.480. The summed E-state index contributed by atoms with van der Waals surface area (Å²) in [4.78, 5) is 0. The topological polar surface area (TPSA) is 241 Å². The Morgan fingerprint density at radius 3 is 1.58 bits per heavy atom. The van der Waals surface area contributed by atoms with Gasteiger partial charge in [0.05, 0.1) is 12.6 Å². The second-order valence-electron chi connectivity index (χ2n) is 5.83. The number of ether oxygens (including phenoxy) is 2. The van der Waals surface area contributed by atoms with Gasteiger partial charge in [0.2, 0.25) is 0 Å². The molecule has 4 fully saturated rings. The highest BCUT2D eigenvalue weighted by Crippen LogP contribution is 2.35. The van der Waals surface area contributed by atoms with Gasteiger partial charge in [-0.1, -0.05) is 0 Å². The third-order valence-electron chi connectivity index (χ3n) is 4.31. The Balaban J connectivity index is 0.000000231. The summed E-state index contributed by atoms with van der Waals surface area (Å²) in [6.07, 6.45) is -10.7. The van der Waals surface area contributed by atoms with Crippen molar-refractivity contribution < 1.29 is 50.3 Å². The van der Waals surface area contributed by atoms with Gasteiger partial charge in [-0.3, -0.25) is 0 Å². The van der Waals surface area contributed by atoms with Gasteiger partial charge in [-0.2, -0.15) is 0 Å². The first-order valence-corrected chi connectivity index (χ1v) is 7.14. The largest absolute Gasteiger partial charge is 0.394 e. The van der Waals surface area contributed by atoms with E-state index in [0.717, 1.165) is 0 Å². The predicted octanol–water partition coefficient (Wildman–Crippen LogP) is -5.88. The summed E-state index contributed by atoms with van der Waals surface area (Å²) < 4.78 is 9.57. The van der Waals surface area contributed by atoms with Crippen molar-refractivity contribution in [2.75, 3.05) is 6.61 Å². The van der Waals surface area contributed by atoms with E-state index in [1.54, 1.807) is 0 Å². The summed E-state index contributed by atoms with van der Waals surface area (Å²) in [5.74, 6) is 0. The summed E-state index contributed by atoms with van der Waals surface area (Å²) in [6, 6.07) is -1.04. The van der Waals surface area contributed by atoms with Gasteiger partial charge >= 0.3 is 0 Å². The van der Waals surface area contributed by atoms with Crippen LogP contribution in [0.25, 0.3) is 0 Å². The van der Waals surface area contributed by atoms with E-state index in [1.165, 1.54) is 0 Å². The molecule has 2 bridgehead atoms. The highest BCUT2D eigenvalue weighted by Gasteiger charge is 2.58. The van der Waals surface area contributed by atoms with Gasteiger partial charge in [0.1, 0.15) is 54.9 Å². The van der Waals surface area contributed by atoms with Gasteiger partial charge in [0.25, 0.3) is 0 Å². The number of aliphatic hydroxyl groups is 8. The van der Waals surface area contributed by atoms with Gasteiger partial charge in [-0.25, -0.2) is 0 Å². The lowest BCUT2D eigenvalue weighted by Gasteiger charge is -2.53. The fourth-order valence-electron chi connectivity index (χ4n) is 2.71. The van der Waals surface area contributed by atoms with Crippen LogP contribution in [-0.2, 0) is 9.47 Å². The molecule has 0 spiro atoms. The molecule has 24 heavy (non-hydrogen) atoms. The summed E-state index contributed by atoms with van der Waals surface area (Å²) >= 11 is 0. The SMILES string of the molecule is N.NC1C(O)OC(CO)C(O)C1O.OC1[C@@H](O)C2O[C@@H](C2O)[C@H]1O. The second kappa shape index (κ2) is 8.27. The average Bonchev–Trinajstić information content (AvgIpc) is 2.53. The van der Waals surface area contributed by atoms with Crippen molar-refractivity contribution in [1.82, 2.24) is 6.15 Å². The molecule has 0 aromatic heterocycles. The molecule has 3 saturated heterocycles. The van der Waals surface area contributed by atoms with Crippen molar-refractivity contribution in [2.24, 2.45) is 5.73 Å². The molecule has 11 atom stereocenters. The Morgan fingerprint density at radius 2 is 1.17 bits per heavy atom. The molecule has 3 aliphatic heterocycles. The lowest BCUT2D eigenvalue weighted by molar-refractivity contribution is -0.339. The Bertz CT molecular complexity index is 379. The zero-order valence-corrected chi connectivity index (χ0v) is 12.7. The van der Waals surface area contributed by atoms with E-state index in [9.17, 15) is 10.2 Å². The lowest BCUT2D eigenvalue weighted by Crippen LogP contribution is -2.74. The molecule has 4 rings (SSSR count). The van der Waals surface area contributed by atoms with E-state index in [0.29, 0.717) is 0 Å². The van der Waals surface area contributed by atoms with Crippen LogP contribution in [0, 0.1) is 0 Å². The predicted molar refractivity (Wildman–Crippen MR) is 75.7 cm³/mol. The van der Waals surface area contributed by atoms with Gasteiger partial charge < -0.3 is 62.2 Å². The van der Waals surface area contributed by atoms with Crippen LogP contribution in [0.4, 0.5) is 0 Å². The molecule has 1 aliphatic carbocycles. The van der Waals surface area contributed by atoms with Crippen molar-refractivity contribution in [3.63, 3.8) is 0 Å². The molecule has 0 amide bonds. The minimum Gasteiger partial charge on any atom is -0.394 e. The fourth-order valence-corrected chi connectivity index (χ4v) is 2.71. The van der Waals surface area contributed by atoms with Crippen molar-refractivity contribution in [1.29, 1.82) is 0 Å². The maximum Gasteiger partial charge on any atom is 0.173 e. The Labute approximate surface area is 137 Å². The minimum atomic E-state index is -1.35. The molecule has 0 radical (unpaired) electrons. The van der Waals surface area contributed by atoms with Crippen LogP contribution in [0.5, 0.6) is 0 Å². The van der Waals surface area contributed by atoms with Gasteiger partial charge in [-0.15, -0.1) is 0 Å². The van der Waals surface area contributed by atoms with Crippen molar-refractivity contribution in [2.45, 2.75) is 67.3 Å². The molecule has 144 valence electrons. The molecule has 13 N–H and O–H groups in total. The van der Waals surface area contributed by atoms with E-state index in [1.807, 2.05) is 0 Å². The van der Waals surface area contributed by atoms with Crippen LogP contribution >= 0.6 is 0 Å². The Morgan fingerprint density at radius 1 is 0.667 bits per heavy atom. The molecule has 12 heteroatoms. The minimum absolute atomic E-state index is 0. The highest BCUT2D eigenvalue weighted by molar-refractivity contribution is 5.07. The number of fused-ring (bicyclic) bond motifs is 2. The van der Waals surface area contributed by atoms with E-state index >= 15 is 0 Å². The smallest absolute Gasteiger partial charge is 0.173 e. The fraction of sp³-hybridized carbons (Fsp3) is 1.00. The quantitative estimate of drug-likeness (QED) is 0.211. The summed E-state index contributed by atoms with van der Waals surface area (Å²) in [5, 5.41) is 72.5. The molecule has 8 unspecified atom stereocenters. The number of nitrogens with two attached hydrogens (primary N) is 1. The van der Waals surface area contributed by atoms with Crippen LogP contribution in [0.1, 0.15) is 0 Å². The first kappa shape index (κ1) is 21.6. The molecule has 0 aromatic rings. The number of rotatable bonds is 1. The van der Waals surface area contributed by atoms with Crippen LogP contribution in [0.3, 0.4) is 0 Å². The van der Waals surface area contributed by atoms with Crippen LogP contribution in [-0.4, -0.2) is 115 Å². The van der Waals surface area contributed by atoms with Crippen LogP contribution < -0.4 is 11.9 Å². The maximum absolute atomic E-state index is 9.20. The normalized spacial score (nSPS) is 53.1. The first-order chi connectivity index (χ1) is 10.7. The monoisotopic (exact) mass is 358 g/mol. The van der Waals surface area contributed by atoms with Crippen molar-refractivity contribution in [3.05, 3.63) is 0 Å². The van der Waals surface area contributed by atoms with E-state index < -0.39 is 73.9 Å². The molecule has 3 heterocycles. The Kier molecular flexibility index (Phi) is 7.43. The summed E-state index contributed by atoms with van der Waals surface area (Å²) in [6.45, 7) is -0.470. The van der Waals surface area contributed by atoms with Crippen LogP contribution in [0.2, 0.25) is 0 Å². The number of hydrogen-bond acceptors (Lipinski definition) is 12. The van der Waals surface area contributed by atoms with E-state index in [2.05, 4.69) is 0 Å². The molecular formula is C12H26N2O10. The molecule has 0 aromatic carbocycles. The van der Waals surface area contributed by atoms with Gasteiger partial charge in [0.15, 0.2) is 6.29 Å². The molecule has 4 aliphatic rings. The third kappa shape index (κ3) is 3.70. The standard InChI is InChI=1S/C6H13NO5.C6H10O5.H3N/c7-3-5(10)4(9)2(1-8)12-6(3)11;7-1-2(8)5-4(10)6(11-5)3(1)9;/h2-6,8-11H,1,7H2;1-10H;1H3/t;1?,2-,3+,4?,5+,6?;/m.0./s1. The zero-order valence-electron chi connectivity index (χ0n) is 12.7. The van der Waals surface area contributed by atoms with Crippen LogP contribution in [0.15, 0.2) is 0 Å². The summed E-state index contributed by atoms with van der Waals surface area (Å²) in [5.41, 5.74) is 5.26. The summed E-state index contributed by atoms with van der Waals surface area (Å²) in [7, 11) is 0. The highest BCUT2D eigenvalue weighted by atomic mass is 16.6. The third-order valence-corrected chi connectivity index (χ3v) is 4.31. The first-order valence-electron chi connectivity index (χ1n) is 7.14. The zero-order chi connectivity index (χ0) is 17.5. The number of aliphatic hydroxyl groups excluding tert-OH is 8. The lowest BCUT2D eigenvalue weighted by atomic mass is 9.79. The van der Waals surface area contributed by atoms with Gasteiger partial charge in [0, 0.05) is 0 Å². The van der Waals surface area contributed by atoms with Crippen molar-refractivity contribution >= 4 is 0 Å². The molecule has 1 saturated carbocycles. The molecule has 12 nitrogen and oxygen atoms in total. The van der Waals surface area contributed by atoms with E-state index in [-0.39, 0.29) is 6.15 Å².